The van der Waals surface area contributed by atoms with Crippen LogP contribution in [0.1, 0.15) is 211 Å². The Balaban J connectivity index is 0.000000161. The number of nitrogens with zero attached hydrogens (tertiary/aromatic N) is 10. The molecule has 724 valence electrons. The summed E-state index contributed by atoms with van der Waals surface area (Å²) in [6, 6.07) is 30.0. The molecule has 34 heteroatoms. The molecule has 5 aliphatic rings. The van der Waals surface area contributed by atoms with E-state index in [-0.39, 0.29) is 70.3 Å². The maximum absolute atomic E-state index is 12.4. The number of aryl methyl sites for hydroxylation is 5. The number of benzene rings is 5. The van der Waals surface area contributed by atoms with Crippen LogP contribution in [0.3, 0.4) is 0 Å². The van der Waals surface area contributed by atoms with Gasteiger partial charge in [-0.2, -0.15) is 0 Å². The van der Waals surface area contributed by atoms with Crippen LogP contribution in [0.2, 0.25) is 0 Å². The maximum atomic E-state index is 12.4. The Kier molecular flexibility index (Phi) is 41.8. The molecule has 10 aromatic rings. The summed E-state index contributed by atoms with van der Waals surface area (Å²) in [5, 5.41) is 44.9. The summed E-state index contributed by atoms with van der Waals surface area (Å²) in [7, 11) is 27.8. The number of ether oxygens (including phenoxy) is 13. The molecule has 29 nitrogen and oxygen atoms in total. The Bertz CT molecular complexity index is 5300. The minimum atomic E-state index is -0.558. The molecular formula is C99H134N10O19S5. The van der Waals surface area contributed by atoms with Gasteiger partial charge in [-0.05, 0) is 218 Å². The normalized spacial score (nSPS) is 16.8. The Morgan fingerprint density at radius 2 is 0.684 bits per heavy atom. The fraction of sp³-hybridized carbons (Fsp3) is 0.525. The third-order valence-electron chi connectivity index (χ3n) is 23.2. The number of aromatic nitrogens is 5. The lowest BCUT2D eigenvalue weighted by atomic mass is 10.00. The Hall–Kier alpha value is -8.25. The molecule has 0 saturated heterocycles. The maximum Gasteiger partial charge on any atom is 0.338 e. The Morgan fingerprint density at radius 1 is 0.391 bits per heavy atom. The van der Waals surface area contributed by atoms with Crippen molar-refractivity contribution in [3.8, 4) is 52.9 Å². The molecule has 133 heavy (non-hydrogen) atoms. The lowest BCUT2D eigenvalue weighted by Gasteiger charge is -2.21. The summed E-state index contributed by atoms with van der Waals surface area (Å²) in [6.07, 6.45) is 14.0. The summed E-state index contributed by atoms with van der Waals surface area (Å²) in [5.41, 5.74) is 19.0. The topological polar surface area (TPSA) is 316 Å². The first-order chi connectivity index (χ1) is 64.3. The van der Waals surface area contributed by atoms with E-state index in [2.05, 4.69) is 24.3 Å². The molecule has 5 aromatic carbocycles. The van der Waals surface area contributed by atoms with E-state index in [1.165, 1.54) is 16.9 Å². The molecule has 0 bridgehead atoms. The van der Waals surface area contributed by atoms with E-state index in [0.717, 1.165) is 244 Å². The van der Waals surface area contributed by atoms with Gasteiger partial charge in [-0.1, -0.05) is 0 Å². The van der Waals surface area contributed by atoms with Gasteiger partial charge in [-0.15, -0.1) is 56.7 Å². The highest BCUT2D eigenvalue weighted by Gasteiger charge is 2.33. The summed E-state index contributed by atoms with van der Waals surface area (Å²) >= 11 is 8.10. The number of fused-ring (bicyclic) bond motifs is 5. The van der Waals surface area contributed by atoms with Gasteiger partial charge in [0.2, 0.25) is 0 Å². The first kappa shape index (κ1) is 105. The number of thiazole rings is 5. The molecule has 0 radical (unpaired) electrons. The largest absolute Gasteiger partial charge is 0.465 e. The quantitative estimate of drug-likeness (QED) is 0.0120. The fourth-order valence-corrected chi connectivity index (χ4v) is 21.9. The molecular weight excluding hydrogens is 1790 g/mol. The SMILES string of the molecule is CC(O)c1cc(N(C)C)ccc1-c1nc2c(s1)C(O)CCC2.COCCOCOC1CCCc2nc(-c3ccc(N(C)C)cc3C(=O)OC)sc21.COCCOCOC1CCCc2nc(-c3ccc(N(C)C)cc3C(C)O)sc21.COCCOCOC1CCCc2nc(-c3ccc(N(C)C)cc3C=O)sc21.COCCOCOC1CCCc2nc(-c3ccc(N(C)C)cc3CO)sc21. The predicted octanol–water partition coefficient (Wildman–Crippen LogP) is 18.0. The summed E-state index contributed by atoms with van der Waals surface area (Å²) in [6.45, 7) is 8.89. The van der Waals surface area contributed by atoms with E-state index < -0.39 is 12.2 Å². The van der Waals surface area contributed by atoms with Crippen molar-refractivity contribution >= 4 is 97.4 Å². The van der Waals surface area contributed by atoms with Gasteiger partial charge >= 0.3 is 5.97 Å². The van der Waals surface area contributed by atoms with Crippen LogP contribution in [0.25, 0.3) is 52.9 Å². The predicted molar refractivity (Wildman–Crippen MR) is 529 cm³/mol. The number of esters is 1. The van der Waals surface area contributed by atoms with Gasteiger partial charge in [0.1, 0.15) is 52.2 Å². The zero-order valence-corrected chi connectivity index (χ0v) is 84.1. The number of carbonyl (C=O) groups is 2. The minimum Gasteiger partial charge on any atom is -0.465 e. The highest BCUT2D eigenvalue weighted by Crippen LogP contribution is 2.48. The smallest absolute Gasteiger partial charge is 0.338 e. The molecule has 0 spiro atoms. The number of aliphatic hydroxyl groups is 4. The Morgan fingerprint density at radius 3 is 1.02 bits per heavy atom. The van der Waals surface area contributed by atoms with Gasteiger partial charge < -0.3 is 107 Å². The van der Waals surface area contributed by atoms with Gasteiger partial charge in [-0.3, -0.25) is 4.79 Å². The highest BCUT2D eigenvalue weighted by molar-refractivity contribution is 7.16. The lowest BCUT2D eigenvalue weighted by molar-refractivity contribution is -0.102. The van der Waals surface area contributed by atoms with Crippen LogP contribution in [-0.4, -0.2) is 244 Å². The molecule has 5 aromatic heterocycles. The Labute approximate surface area is 803 Å². The molecule has 0 amide bonds. The number of carbonyl (C=O) groups excluding carboxylic acids is 2. The second-order valence-corrected chi connectivity index (χ2v) is 39.0. The lowest BCUT2D eigenvalue weighted by Crippen LogP contribution is -2.14. The zero-order chi connectivity index (χ0) is 95.2. The average Bonchev–Trinajstić information content (AvgIpc) is 1.49. The standard InChI is InChI=1S/C21H28N2O5S.C21H30N2O4S.C20H28N2O4S.C20H26N2O4S.C17H22N2O2S/c1-23(2)14-8-9-15(16(12-14)21(24)26-4)20-22-17-6-5-7-18(19(17)29-20)28-13-27-11-10-25-3;1-14(24)17-12-15(23(2)3)8-9-16(17)21-22-18-6-5-7-19(20(18)28-21)27-13-26-11-10-25-4;2*1-22(2)15-7-8-16(14(11-15)12-23)20-21-17-5-4-6-18(19(17)27-20)26-13-25-10-9-24-3;1-10(20)13-9-11(19(2)3)7-8-12(13)17-18-14-5-4-6-15(21)16(14)22-17/h8-9,12,18H,5-7,10-11,13H2,1-4H3;8-9,12,14,19,24H,5-7,10-11,13H2,1-4H3;7-8,11,18,23H,4-6,9-10,12-13H2,1-3H3;7-8,11-12,18H,4-6,9-10,13H2,1-3H3;7-10,15,20-21H,4-6H2,1-3H3. The first-order valence-electron chi connectivity index (χ1n) is 45.3. The van der Waals surface area contributed by atoms with E-state index in [1.807, 2.05) is 162 Å². The minimum absolute atomic E-state index is 0.00303. The van der Waals surface area contributed by atoms with Crippen molar-refractivity contribution in [3.63, 3.8) is 0 Å². The molecule has 5 aliphatic carbocycles. The third kappa shape index (κ3) is 28.7. The number of methoxy groups -OCH3 is 5. The van der Waals surface area contributed by atoms with E-state index in [1.54, 1.807) is 99.0 Å². The molecule has 15 rings (SSSR count). The molecule has 7 atom stereocenters. The van der Waals surface area contributed by atoms with Gasteiger partial charge in [0, 0.05) is 161 Å². The number of hydrogen-bond acceptors (Lipinski definition) is 34. The molecule has 0 fully saturated rings. The number of aliphatic hydroxyl groups excluding tert-OH is 4. The zero-order valence-electron chi connectivity index (χ0n) is 80.0. The summed E-state index contributed by atoms with van der Waals surface area (Å²) in [4.78, 5) is 63.8. The van der Waals surface area contributed by atoms with Crippen LogP contribution in [0.4, 0.5) is 28.4 Å². The van der Waals surface area contributed by atoms with Crippen molar-refractivity contribution in [3.05, 3.63) is 172 Å². The van der Waals surface area contributed by atoms with Gasteiger partial charge in [0.15, 0.2) is 6.29 Å². The van der Waals surface area contributed by atoms with Crippen LogP contribution in [0.15, 0.2) is 91.0 Å². The van der Waals surface area contributed by atoms with Crippen molar-refractivity contribution in [1.82, 2.24) is 24.9 Å². The van der Waals surface area contributed by atoms with E-state index >= 15 is 0 Å². The van der Waals surface area contributed by atoms with Crippen molar-refractivity contribution in [2.75, 3.05) is 211 Å². The molecule has 7 unspecified atom stereocenters. The first-order valence-corrected chi connectivity index (χ1v) is 49.4. The van der Waals surface area contributed by atoms with Crippen LogP contribution < -0.4 is 24.5 Å². The van der Waals surface area contributed by atoms with E-state index in [0.29, 0.717) is 64.0 Å². The average molecular weight is 1930 g/mol. The fourth-order valence-electron chi connectivity index (χ4n) is 15.8. The van der Waals surface area contributed by atoms with Crippen LogP contribution in [-0.2, 0) is 100 Å². The number of aldehydes is 1. The van der Waals surface area contributed by atoms with Crippen molar-refractivity contribution in [2.45, 2.75) is 159 Å². The van der Waals surface area contributed by atoms with Crippen LogP contribution >= 0.6 is 56.7 Å². The number of anilines is 5. The van der Waals surface area contributed by atoms with Gasteiger partial charge in [-0.25, -0.2) is 29.7 Å². The van der Waals surface area contributed by atoms with Crippen LogP contribution in [0, 0.1) is 0 Å². The summed E-state index contributed by atoms with van der Waals surface area (Å²) < 4.78 is 70.5. The third-order valence-corrected chi connectivity index (χ3v) is 29.3. The van der Waals surface area contributed by atoms with Gasteiger partial charge in [0.25, 0.3) is 0 Å². The molecule has 0 saturated carbocycles. The van der Waals surface area contributed by atoms with E-state index in [4.69, 9.17) is 86.5 Å². The van der Waals surface area contributed by atoms with Crippen molar-refractivity contribution < 1.29 is 91.6 Å². The number of rotatable bonds is 39. The van der Waals surface area contributed by atoms with E-state index in [9.17, 15) is 30.0 Å². The van der Waals surface area contributed by atoms with Crippen molar-refractivity contribution in [2.24, 2.45) is 0 Å². The van der Waals surface area contributed by atoms with Crippen molar-refractivity contribution in [1.29, 1.82) is 0 Å². The number of hydrogen-bond donors (Lipinski definition) is 4. The monoisotopic (exact) mass is 1930 g/mol. The molecule has 5 heterocycles. The second kappa shape index (κ2) is 52.9. The van der Waals surface area contributed by atoms with Gasteiger partial charge in [0.05, 0.1) is 168 Å². The van der Waals surface area contributed by atoms with Crippen LogP contribution in [0.5, 0.6) is 0 Å². The second-order valence-electron chi connectivity index (χ2n) is 33.8. The molecule has 0 aliphatic heterocycles. The highest BCUT2D eigenvalue weighted by atomic mass is 32.1. The summed E-state index contributed by atoms with van der Waals surface area (Å²) in [5.74, 6) is -0.365. The molecule has 4 N–H and O–H groups in total.